The number of carbonyl (C=O) groups excluding carboxylic acids is 1. The molecule has 2 saturated heterocycles. The number of hydrogen-bond donors (Lipinski definition) is 1. The van der Waals surface area contributed by atoms with Gasteiger partial charge in [-0.05, 0) is 18.6 Å². The number of carbonyl (C=O) groups is 1. The molecule has 0 saturated carbocycles. The average Bonchev–Trinajstić information content (AvgIpc) is 2.80. The molecule has 2 fully saturated rings. The van der Waals surface area contributed by atoms with E-state index in [0.717, 1.165) is 6.42 Å². The van der Waals surface area contributed by atoms with Crippen LogP contribution in [0.3, 0.4) is 0 Å². The van der Waals surface area contributed by atoms with Crippen LogP contribution in [0.2, 0.25) is 0 Å². The molecule has 2 aliphatic heterocycles. The van der Waals surface area contributed by atoms with Crippen molar-refractivity contribution in [2.45, 2.75) is 18.9 Å². The lowest BCUT2D eigenvalue weighted by atomic mass is 10.2. The molecule has 0 bridgehead atoms. The number of rotatable bonds is 4. The summed E-state index contributed by atoms with van der Waals surface area (Å²) in [5.74, 6) is 0.0207. The van der Waals surface area contributed by atoms with E-state index < -0.39 is 4.92 Å². The van der Waals surface area contributed by atoms with E-state index in [1.807, 2.05) is 0 Å². The van der Waals surface area contributed by atoms with Crippen LogP contribution in [-0.4, -0.2) is 36.6 Å². The maximum Gasteiger partial charge on any atom is 0.294 e. The zero-order chi connectivity index (χ0) is 14.1. The summed E-state index contributed by atoms with van der Waals surface area (Å²) < 4.78 is 5.04. The number of anilines is 2. The van der Waals surface area contributed by atoms with Crippen molar-refractivity contribution in [1.82, 2.24) is 0 Å². The Bertz CT molecular complexity index is 557. The second-order valence-electron chi connectivity index (χ2n) is 4.99. The fourth-order valence-electron chi connectivity index (χ4n) is 2.42. The molecule has 1 aromatic rings. The van der Waals surface area contributed by atoms with E-state index in [9.17, 15) is 14.9 Å². The quantitative estimate of drug-likeness (QED) is 0.666. The molecule has 7 nitrogen and oxygen atoms in total. The van der Waals surface area contributed by atoms with Crippen molar-refractivity contribution in [3.05, 3.63) is 28.3 Å². The predicted molar refractivity (Wildman–Crippen MR) is 72.9 cm³/mol. The summed E-state index contributed by atoms with van der Waals surface area (Å²) in [4.78, 5) is 24.1. The zero-order valence-corrected chi connectivity index (χ0v) is 10.9. The number of ether oxygens (including phenoxy) is 1. The lowest BCUT2D eigenvalue weighted by Gasteiger charge is -2.27. The summed E-state index contributed by atoms with van der Waals surface area (Å²) >= 11 is 0. The van der Waals surface area contributed by atoms with Crippen LogP contribution in [0.1, 0.15) is 12.8 Å². The van der Waals surface area contributed by atoms with Gasteiger partial charge in [-0.15, -0.1) is 0 Å². The molecule has 0 aromatic heterocycles. The Labute approximate surface area is 115 Å². The van der Waals surface area contributed by atoms with Crippen molar-refractivity contribution in [2.24, 2.45) is 0 Å². The summed E-state index contributed by atoms with van der Waals surface area (Å²) in [5, 5.41) is 14.3. The zero-order valence-electron chi connectivity index (χ0n) is 10.9. The van der Waals surface area contributed by atoms with Crippen LogP contribution >= 0.6 is 0 Å². The van der Waals surface area contributed by atoms with Gasteiger partial charge in [-0.25, -0.2) is 0 Å². The second kappa shape index (κ2) is 5.09. The van der Waals surface area contributed by atoms with Crippen molar-refractivity contribution in [3.63, 3.8) is 0 Å². The smallest absolute Gasteiger partial charge is 0.294 e. The molecule has 0 unspecified atom stereocenters. The SMILES string of the molecule is O=C1CCCN1c1ccc(NC2COC2)c([N+](=O)[O-])c1. The van der Waals surface area contributed by atoms with Gasteiger partial charge in [0.1, 0.15) is 5.69 Å². The van der Waals surface area contributed by atoms with Gasteiger partial charge in [0.25, 0.3) is 5.69 Å². The Balaban J connectivity index is 1.88. The third-order valence-corrected chi connectivity index (χ3v) is 3.56. The van der Waals surface area contributed by atoms with Crippen molar-refractivity contribution in [1.29, 1.82) is 0 Å². The van der Waals surface area contributed by atoms with Crippen LogP contribution < -0.4 is 10.2 Å². The Morgan fingerprint density at radius 2 is 2.20 bits per heavy atom. The van der Waals surface area contributed by atoms with Gasteiger partial charge in [0.15, 0.2) is 0 Å². The highest BCUT2D eigenvalue weighted by molar-refractivity contribution is 5.96. The fourth-order valence-corrected chi connectivity index (χ4v) is 2.42. The predicted octanol–water partition coefficient (Wildman–Crippen LogP) is 1.53. The van der Waals surface area contributed by atoms with Crippen LogP contribution in [0.4, 0.5) is 17.1 Å². The largest absolute Gasteiger partial charge is 0.377 e. The number of nitro benzene ring substituents is 1. The van der Waals surface area contributed by atoms with Crippen LogP contribution in [0.5, 0.6) is 0 Å². The van der Waals surface area contributed by atoms with Crippen LogP contribution in [-0.2, 0) is 9.53 Å². The molecule has 106 valence electrons. The lowest BCUT2D eigenvalue weighted by Crippen LogP contribution is -2.40. The Kier molecular flexibility index (Phi) is 3.27. The first-order valence-electron chi connectivity index (χ1n) is 6.58. The van der Waals surface area contributed by atoms with E-state index in [1.165, 1.54) is 6.07 Å². The standard InChI is InChI=1S/C13H15N3O4/c17-13-2-1-5-15(13)10-3-4-11(12(6-10)16(18)19)14-9-7-20-8-9/h3-4,6,9,14H,1-2,5,7-8H2. The highest BCUT2D eigenvalue weighted by atomic mass is 16.6. The monoisotopic (exact) mass is 277 g/mol. The van der Waals surface area contributed by atoms with E-state index in [4.69, 9.17) is 4.74 Å². The number of benzene rings is 1. The van der Waals surface area contributed by atoms with Crippen molar-refractivity contribution < 1.29 is 14.5 Å². The molecule has 2 aliphatic rings. The molecular weight excluding hydrogens is 262 g/mol. The minimum absolute atomic E-state index is 0.00546. The summed E-state index contributed by atoms with van der Waals surface area (Å²) in [5.41, 5.74) is 1.06. The van der Waals surface area contributed by atoms with E-state index in [2.05, 4.69) is 5.32 Å². The summed E-state index contributed by atoms with van der Waals surface area (Å²) in [7, 11) is 0. The summed E-state index contributed by atoms with van der Waals surface area (Å²) in [6.07, 6.45) is 1.30. The highest BCUT2D eigenvalue weighted by Crippen LogP contribution is 2.32. The Morgan fingerprint density at radius 3 is 2.75 bits per heavy atom. The minimum Gasteiger partial charge on any atom is -0.377 e. The molecule has 0 radical (unpaired) electrons. The van der Waals surface area contributed by atoms with Gasteiger partial charge < -0.3 is 15.0 Å². The molecule has 0 atom stereocenters. The fraction of sp³-hybridized carbons (Fsp3) is 0.462. The van der Waals surface area contributed by atoms with E-state index in [-0.39, 0.29) is 17.6 Å². The Hall–Kier alpha value is -2.15. The number of amides is 1. The average molecular weight is 277 g/mol. The summed E-state index contributed by atoms with van der Waals surface area (Å²) in [6, 6.07) is 4.99. The van der Waals surface area contributed by atoms with Gasteiger partial charge in [-0.3, -0.25) is 14.9 Å². The number of hydrogen-bond acceptors (Lipinski definition) is 5. The molecular formula is C13H15N3O4. The first-order valence-corrected chi connectivity index (χ1v) is 6.58. The molecule has 0 spiro atoms. The summed E-state index contributed by atoms with van der Waals surface area (Å²) in [6.45, 7) is 1.74. The molecule has 2 heterocycles. The molecule has 1 amide bonds. The molecule has 1 N–H and O–H groups in total. The van der Waals surface area contributed by atoms with Gasteiger partial charge in [-0.1, -0.05) is 0 Å². The van der Waals surface area contributed by atoms with Gasteiger partial charge in [-0.2, -0.15) is 0 Å². The minimum atomic E-state index is -0.425. The van der Waals surface area contributed by atoms with Gasteiger partial charge >= 0.3 is 0 Å². The molecule has 3 rings (SSSR count). The Morgan fingerprint density at radius 1 is 1.40 bits per heavy atom. The lowest BCUT2D eigenvalue weighted by molar-refractivity contribution is -0.383. The molecule has 20 heavy (non-hydrogen) atoms. The maximum absolute atomic E-state index is 11.7. The van der Waals surface area contributed by atoms with E-state index in [0.29, 0.717) is 37.6 Å². The number of nitrogens with one attached hydrogen (secondary N) is 1. The van der Waals surface area contributed by atoms with Crippen LogP contribution in [0.15, 0.2) is 18.2 Å². The molecule has 1 aromatic carbocycles. The van der Waals surface area contributed by atoms with Gasteiger partial charge in [0, 0.05) is 19.0 Å². The normalized spacial score (nSPS) is 19.0. The van der Waals surface area contributed by atoms with Crippen molar-refractivity contribution in [2.75, 3.05) is 30.0 Å². The topological polar surface area (TPSA) is 84.7 Å². The van der Waals surface area contributed by atoms with E-state index >= 15 is 0 Å². The number of nitrogens with zero attached hydrogens (tertiary/aromatic N) is 2. The van der Waals surface area contributed by atoms with Gasteiger partial charge in [0.2, 0.25) is 5.91 Å². The highest BCUT2D eigenvalue weighted by Gasteiger charge is 2.26. The third-order valence-electron chi connectivity index (χ3n) is 3.56. The molecule has 7 heteroatoms. The van der Waals surface area contributed by atoms with Gasteiger partial charge in [0.05, 0.1) is 29.9 Å². The third kappa shape index (κ3) is 2.32. The van der Waals surface area contributed by atoms with E-state index in [1.54, 1.807) is 17.0 Å². The van der Waals surface area contributed by atoms with Crippen LogP contribution in [0.25, 0.3) is 0 Å². The van der Waals surface area contributed by atoms with Crippen molar-refractivity contribution in [3.8, 4) is 0 Å². The van der Waals surface area contributed by atoms with Crippen LogP contribution in [0, 0.1) is 10.1 Å². The number of nitro groups is 1. The second-order valence-corrected chi connectivity index (χ2v) is 4.99. The first-order chi connectivity index (χ1) is 9.65. The molecule has 0 aliphatic carbocycles. The first kappa shape index (κ1) is 12.9. The maximum atomic E-state index is 11.7. The van der Waals surface area contributed by atoms with Crippen molar-refractivity contribution >= 4 is 23.0 Å².